The molecule has 0 radical (unpaired) electrons. The van der Waals surface area contributed by atoms with Crippen molar-refractivity contribution in [3.05, 3.63) is 65.1 Å². The molecule has 4 atom stereocenters. The summed E-state index contributed by atoms with van der Waals surface area (Å²) in [5, 5.41) is 22.0. The van der Waals surface area contributed by atoms with E-state index < -0.39 is 29.4 Å². The highest BCUT2D eigenvalue weighted by atomic mass is 32.1. The van der Waals surface area contributed by atoms with E-state index in [4.69, 9.17) is 10.5 Å². The maximum absolute atomic E-state index is 14.3. The summed E-state index contributed by atoms with van der Waals surface area (Å²) in [6.07, 6.45) is -0.217. The fourth-order valence-electron chi connectivity index (χ4n) is 6.85. The van der Waals surface area contributed by atoms with E-state index in [1.807, 2.05) is 38.1 Å². The zero-order valence-corrected chi connectivity index (χ0v) is 31.2. The molecule has 0 unspecified atom stereocenters. The Morgan fingerprint density at radius 1 is 1.14 bits per heavy atom. The molecule has 14 heteroatoms. The van der Waals surface area contributed by atoms with Gasteiger partial charge in [0.1, 0.15) is 5.78 Å². The third-order valence-corrected chi connectivity index (χ3v) is 10.8. The van der Waals surface area contributed by atoms with Crippen LogP contribution in [0.2, 0.25) is 0 Å². The number of nitrogens with zero attached hydrogens (tertiary/aromatic N) is 6. The zero-order chi connectivity index (χ0) is 37.0. The number of ether oxygens (including phenoxy) is 1. The Morgan fingerprint density at radius 3 is 2.43 bits per heavy atom. The number of aromatic nitrogens is 3. The fourth-order valence-corrected chi connectivity index (χ4v) is 7.66. The second kappa shape index (κ2) is 15.9. The second-order valence-electron chi connectivity index (χ2n) is 14.6. The predicted molar refractivity (Wildman–Crippen MR) is 198 cm³/mol. The van der Waals surface area contributed by atoms with Gasteiger partial charge in [-0.1, -0.05) is 51.6 Å². The SMILES string of the molecule is C=C(N[C@H](C)c1ccc(-c2scnc2C)cc1)[C@H]1C[C@H](O)CN1C(=O)[C@H](CC(=O)CN1CCN(c2cc(C(=O)OC)nnc2N)CC1)C(C)(C)C. The summed E-state index contributed by atoms with van der Waals surface area (Å²) in [5.41, 5.74) is 12.0. The van der Waals surface area contributed by atoms with Gasteiger partial charge in [-0.2, -0.15) is 0 Å². The minimum Gasteiger partial charge on any atom is -0.464 e. The first-order valence-electron chi connectivity index (χ1n) is 17.3. The monoisotopic (exact) mass is 718 g/mol. The maximum atomic E-state index is 14.3. The lowest BCUT2D eigenvalue weighted by Gasteiger charge is -2.37. The van der Waals surface area contributed by atoms with Crippen LogP contribution >= 0.6 is 11.3 Å². The number of hydrogen-bond donors (Lipinski definition) is 3. The molecule has 13 nitrogen and oxygen atoms in total. The van der Waals surface area contributed by atoms with Gasteiger partial charge >= 0.3 is 5.97 Å². The molecule has 1 aromatic carbocycles. The molecule has 2 aliphatic heterocycles. The van der Waals surface area contributed by atoms with Gasteiger partial charge in [0.25, 0.3) is 0 Å². The molecule has 4 heterocycles. The van der Waals surface area contributed by atoms with Crippen molar-refractivity contribution in [3.63, 3.8) is 0 Å². The number of likely N-dealkylation sites (tertiary alicyclic amines) is 1. The number of hydrogen-bond acceptors (Lipinski definition) is 13. The smallest absolute Gasteiger partial charge is 0.358 e. The van der Waals surface area contributed by atoms with Gasteiger partial charge in [-0.05, 0) is 30.4 Å². The number of carbonyl (C=O) groups is 3. The van der Waals surface area contributed by atoms with Crippen molar-refractivity contribution in [2.24, 2.45) is 11.3 Å². The molecule has 3 aromatic rings. The van der Waals surface area contributed by atoms with Crippen molar-refractivity contribution in [2.45, 2.75) is 65.6 Å². The topological polar surface area (TPSA) is 167 Å². The third kappa shape index (κ3) is 8.92. The number of thiazole rings is 1. The summed E-state index contributed by atoms with van der Waals surface area (Å²) in [5.74, 6) is -1.12. The summed E-state index contributed by atoms with van der Waals surface area (Å²) in [6.45, 7) is 17.0. The van der Waals surface area contributed by atoms with Gasteiger partial charge < -0.3 is 30.7 Å². The Labute approximate surface area is 303 Å². The highest BCUT2D eigenvalue weighted by molar-refractivity contribution is 7.13. The number of rotatable bonds is 12. The number of anilines is 2. The largest absolute Gasteiger partial charge is 0.464 e. The lowest BCUT2D eigenvalue weighted by molar-refractivity contribution is -0.142. The Kier molecular flexibility index (Phi) is 11.8. The van der Waals surface area contributed by atoms with Crippen LogP contribution in [0.15, 0.2) is 48.1 Å². The molecule has 1 amide bonds. The van der Waals surface area contributed by atoms with Crippen LogP contribution in [-0.2, 0) is 14.3 Å². The van der Waals surface area contributed by atoms with Crippen molar-refractivity contribution < 1.29 is 24.2 Å². The lowest BCUT2D eigenvalue weighted by atomic mass is 9.76. The highest BCUT2D eigenvalue weighted by Gasteiger charge is 2.43. The molecule has 5 rings (SSSR count). The quantitative estimate of drug-likeness (QED) is 0.232. The molecule has 0 bridgehead atoms. The van der Waals surface area contributed by atoms with Crippen LogP contribution in [0, 0.1) is 18.3 Å². The van der Waals surface area contributed by atoms with E-state index in [0.717, 1.165) is 21.7 Å². The summed E-state index contributed by atoms with van der Waals surface area (Å²) < 4.78 is 4.76. The number of aliphatic hydroxyl groups excluding tert-OH is 1. The minimum atomic E-state index is -0.685. The first kappa shape index (κ1) is 37.8. The van der Waals surface area contributed by atoms with Crippen LogP contribution in [0.4, 0.5) is 11.5 Å². The van der Waals surface area contributed by atoms with Gasteiger partial charge in [-0.3, -0.25) is 14.5 Å². The summed E-state index contributed by atoms with van der Waals surface area (Å²) in [4.78, 5) is 51.1. The molecule has 2 aromatic heterocycles. The molecular weight excluding hydrogens is 669 g/mol. The van der Waals surface area contributed by atoms with Gasteiger partial charge in [-0.15, -0.1) is 21.5 Å². The number of nitrogens with two attached hydrogens (primary N) is 1. The molecule has 2 aliphatic rings. The number of piperazine rings is 1. The number of aliphatic hydroxyl groups is 1. The molecule has 0 spiro atoms. The number of nitrogens with one attached hydrogen (secondary N) is 1. The molecule has 4 N–H and O–H groups in total. The van der Waals surface area contributed by atoms with E-state index in [-0.39, 0.29) is 48.8 Å². The van der Waals surface area contributed by atoms with Gasteiger partial charge in [-0.25, -0.2) is 9.78 Å². The number of ketones is 1. The van der Waals surface area contributed by atoms with Crippen LogP contribution in [0.25, 0.3) is 10.4 Å². The Hall–Kier alpha value is -4.40. The maximum Gasteiger partial charge on any atom is 0.358 e. The van der Waals surface area contributed by atoms with Crippen molar-refractivity contribution >= 4 is 40.5 Å². The predicted octanol–water partition coefficient (Wildman–Crippen LogP) is 3.85. The summed E-state index contributed by atoms with van der Waals surface area (Å²) in [7, 11) is 1.28. The molecule has 2 fully saturated rings. The summed E-state index contributed by atoms with van der Waals surface area (Å²) >= 11 is 1.62. The Morgan fingerprint density at radius 2 is 1.82 bits per heavy atom. The van der Waals surface area contributed by atoms with Crippen LogP contribution in [0.3, 0.4) is 0 Å². The zero-order valence-electron chi connectivity index (χ0n) is 30.4. The van der Waals surface area contributed by atoms with Crippen LogP contribution in [-0.4, -0.2) is 106 Å². The Balaban J connectivity index is 1.19. The first-order valence-corrected chi connectivity index (χ1v) is 18.2. The average Bonchev–Trinajstić information content (AvgIpc) is 3.72. The van der Waals surface area contributed by atoms with Crippen molar-refractivity contribution in [2.75, 3.05) is 57.0 Å². The van der Waals surface area contributed by atoms with E-state index in [9.17, 15) is 19.5 Å². The van der Waals surface area contributed by atoms with Crippen molar-refractivity contribution in [1.29, 1.82) is 0 Å². The number of amides is 1. The number of carbonyl (C=O) groups excluding carboxylic acids is 3. The normalized spacial score (nSPS) is 19.4. The van der Waals surface area contributed by atoms with E-state index in [0.29, 0.717) is 44.0 Å². The van der Waals surface area contributed by atoms with Crippen molar-refractivity contribution in [3.8, 4) is 10.4 Å². The van der Waals surface area contributed by atoms with Crippen LogP contribution in [0.1, 0.15) is 68.3 Å². The standard InChI is InChI=1S/C37H50N8O5S/c1-22(25-8-10-26(11-9-25)33-24(3)39-21-51-33)40-23(2)31-17-28(47)20-45(31)35(48)29(37(4,5)6)16-27(46)19-43-12-14-44(15-13-43)32-18-30(36(49)50-7)41-42-34(32)38/h8-11,18,21-22,28-29,31,40,47H,2,12-17,19-20H2,1,3-7H3,(H2,38,42)/t22-,28+,29+,31-/m1/s1. The van der Waals surface area contributed by atoms with Gasteiger partial charge in [0.05, 0.1) is 47.6 Å². The molecule has 0 saturated carbocycles. The lowest BCUT2D eigenvalue weighted by Crippen LogP contribution is -2.49. The number of Topliss-reactive ketones (excluding diaryl/α,β-unsaturated/α-hetero) is 1. The van der Waals surface area contributed by atoms with Gasteiger partial charge in [0.2, 0.25) is 5.91 Å². The van der Waals surface area contributed by atoms with Crippen LogP contribution < -0.4 is 16.0 Å². The van der Waals surface area contributed by atoms with Gasteiger partial charge in [0, 0.05) is 69.3 Å². The van der Waals surface area contributed by atoms with E-state index >= 15 is 0 Å². The Bertz CT molecular complexity index is 1730. The van der Waals surface area contributed by atoms with Crippen LogP contribution in [0.5, 0.6) is 0 Å². The molecule has 0 aliphatic carbocycles. The number of methoxy groups -OCH3 is 1. The number of β-amino-alcohol motifs (C(OH)–C–C–N with tert-alkyl or cyclic N) is 1. The number of esters is 1. The van der Waals surface area contributed by atoms with E-state index in [2.05, 4.69) is 63.2 Å². The summed E-state index contributed by atoms with van der Waals surface area (Å²) in [6, 6.07) is 9.44. The number of nitrogen functional groups attached to an aromatic ring is 1. The number of aryl methyl sites for hydroxylation is 1. The molecule has 51 heavy (non-hydrogen) atoms. The third-order valence-electron chi connectivity index (χ3n) is 9.87. The van der Waals surface area contributed by atoms with Gasteiger partial charge in [0.15, 0.2) is 11.5 Å². The fraction of sp³-hybridized carbons (Fsp3) is 0.514. The van der Waals surface area contributed by atoms with Crippen molar-refractivity contribution in [1.82, 2.24) is 30.3 Å². The molecule has 2 saturated heterocycles. The molecule has 274 valence electrons. The number of benzene rings is 1. The second-order valence-corrected chi connectivity index (χ2v) is 15.4. The van der Waals surface area contributed by atoms with E-state index in [1.54, 1.807) is 22.3 Å². The average molecular weight is 719 g/mol. The highest BCUT2D eigenvalue weighted by Crippen LogP contribution is 2.35. The minimum absolute atomic E-state index is 0.0198. The first-order chi connectivity index (χ1) is 24.2. The van der Waals surface area contributed by atoms with E-state index in [1.165, 1.54) is 7.11 Å². The molecular formula is C37H50N8O5S.